The minimum absolute atomic E-state index is 0.0368. The Bertz CT molecular complexity index is 479. The number of hydrogen-bond acceptors (Lipinski definition) is 3. The van der Waals surface area contributed by atoms with Crippen LogP contribution in [-0.2, 0) is 0 Å². The fourth-order valence-corrected chi connectivity index (χ4v) is 2.74. The predicted molar refractivity (Wildman–Crippen MR) is 77.9 cm³/mol. The molecule has 2 atom stereocenters. The highest BCUT2D eigenvalue weighted by atomic mass is 19.4. The molecule has 1 aromatic carbocycles. The van der Waals surface area contributed by atoms with E-state index in [2.05, 4.69) is 0 Å². The van der Waals surface area contributed by atoms with Gasteiger partial charge in [0.1, 0.15) is 18.5 Å². The number of piperidine rings is 1. The van der Waals surface area contributed by atoms with Gasteiger partial charge in [0.05, 0.1) is 5.92 Å². The number of nitrogens with zero attached hydrogens (tertiary/aromatic N) is 1. The molecule has 1 heterocycles. The second-order valence-corrected chi connectivity index (χ2v) is 5.87. The van der Waals surface area contributed by atoms with Crippen LogP contribution in [-0.4, -0.2) is 48.5 Å². The lowest BCUT2D eigenvalue weighted by Crippen LogP contribution is -2.45. The Labute approximate surface area is 128 Å². The van der Waals surface area contributed by atoms with Gasteiger partial charge < -0.3 is 14.7 Å². The Hall–Kier alpha value is -1.27. The molecule has 1 fully saturated rings. The smallest absolute Gasteiger partial charge is 0.393 e. The molecule has 0 radical (unpaired) electrons. The van der Waals surface area contributed by atoms with Crippen molar-refractivity contribution in [1.29, 1.82) is 0 Å². The normalized spacial score (nSPS) is 21.6. The lowest BCUT2D eigenvalue weighted by atomic mass is 9.97. The van der Waals surface area contributed by atoms with Gasteiger partial charge in [-0.25, -0.2) is 0 Å². The van der Waals surface area contributed by atoms with Crippen molar-refractivity contribution in [2.24, 2.45) is 5.92 Å². The molecule has 22 heavy (non-hydrogen) atoms. The van der Waals surface area contributed by atoms with Crippen molar-refractivity contribution >= 4 is 0 Å². The second kappa shape index (κ2) is 7.33. The fraction of sp³-hybridized carbons (Fsp3) is 0.625. The summed E-state index contributed by atoms with van der Waals surface area (Å²) >= 11 is 0. The lowest BCUT2D eigenvalue weighted by molar-refractivity contribution is -0.187. The van der Waals surface area contributed by atoms with Gasteiger partial charge in [-0.1, -0.05) is 18.2 Å². The van der Waals surface area contributed by atoms with Crippen LogP contribution in [0.25, 0.3) is 0 Å². The minimum atomic E-state index is -4.15. The van der Waals surface area contributed by atoms with E-state index in [9.17, 15) is 18.3 Å². The van der Waals surface area contributed by atoms with Crippen LogP contribution in [0, 0.1) is 12.8 Å². The number of alkyl halides is 3. The molecule has 1 aromatic rings. The first-order chi connectivity index (χ1) is 10.4. The standard InChI is InChI=1S/C16H22F3NO2/c1-12-5-2-3-7-15(12)22-11-14(21)10-20-8-4-6-13(9-20)16(17,18)19/h2-3,5,7,13-14,21H,4,6,8-11H2,1H3/t13-,14-/m0/s1. The number of hydrogen-bond donors (Lipinski definition) is 1. The number of likely N-dealkylation sites (tertiary alicyclic amines) is 1. The molecule has 1 N–H and O–H groups in total. The Balaban J connectivity index is 1.79. The molecule has 1 aliphatic rings. The quantitative estimate of drug-likeness (QED) is 0.906. The zero-order valence-electron chi connectivity index (χ0n) is 12.6. The van der Waals surface area contributed by atoms with Crippen LogP contribution < -0.4 is 4.74 Å². The molecule has 0 saturated carbocycles. The first kappa shape index (κ1) is 17.1. The minimum Gasteiger partial charge on any atom is -0.491 e. The van der Waals surface area contributed by atoms with Gasteiger partial charge in [-0.2, -0.15) is 13.2 Å². The first-order valence-corrected chi connectivity index (χ1v) is 7.52. The molecule has 1 aliphatic heterocycles. The molecule has 0 aromatic heterocycles. The maximum atomic E-state index is 12.8. The molecular weight excluding hydrogens is 295 g/mol. The molecule has 0 aliphatic carbocycles. The van der Waals surface area contributed by atoms with E-state index in [1.54, 1.807) is 4.90 Å². The summed E-state index contributed by atoms with van der Waals surface area (Å²) in [5.74, 6) is -0.598. The Morgan fingerprint density at radius 2 is 2.09 bits per heavy atom. The van der Waals surface area contributed by atoms with E-state index in [0.29, 0.717) is 18.7 Å². The number of para-hydroxylation sites is 1. The van der Waals surface area contributed by atoms with Gasteiger partial charge in [-0.05, 0) is 37.9 Å². The van der Waals surface area contributed by atoms with E-state index in [1.165, 1.54) is 0 Å². The highest BCUT2D eigenvalue weighted by Gasteiger charge is 2.41. The number of benzene rings is 1. The molecule has 0 bridgehead atoms. The molecule has 124 valence electrons. The van der Waals surface area contributed by atoms with Crippen molar-refractivity contribution in [3.05, 3.63) is 29.8 Å². The zero-order chi connectivity index (χ0) is 16.2. The molecule has 0 spiro atoms. The van der Waals surface area contributed by atoms with E-state index in [-0.39, 0.29) is 26.1 Å². The van der Waals surface area contributed by atoms with Gasteiger partial charge in [0.25, 0.3) is 0 Å². The third-order valence-corrected chi connectivity index (χ3v) is 3.96. The Morgan fingerprint density at radius 3 is 2.77 bits per heavy atom. The van der Waals surface area contributed by atoms with Crippen molar-refractivity contribution in [2.45, 2.75) is 32.0 Å². The summed E-state index contributed by atoms with van der Waals surface area (Å²) in [5.41, 5.74) is 0.963. The van der Waals surface area contributed by atoms with Gasteiger partial charge >= 0.3 is 6.18 Å². The number of β-amino-alcohol motifs (C(OH)–C–C–N with tert-alkyl or cyclic N) is 1. The lowest BCUT2D eigenvalue weighted by Gasteiger charge is -2.34. The molecule has 1 saturated heterocycles. The average molecular weight is 317 g/mol. The van der Waals surface area contributed by atoms with Crippen molar-refractivity contribution in [1.82, 2.24) is 4.90 Å². The van der Waals surface area contributed by atoms with E-state index in [0.717, 1.165) is 5.56 Å². The van der Waals surface area contributed by atoms with Crippen molar-refractivity contribution in [3.8, 4) is 5.75 Å². The third-order valence-electron chi connectivity index (χ3n) is 3.96. The van der Waals surface area contributed by atoms with Crippen molar-refractivity contribution in [2.75, 3.05) is 26.2 Å². The SMILES string of the molecule is Cc1ccccc1OC[C@@H](O)CN1CCC[C@H](C(F)(F)F)C1. The number of rotatable bonds is 5. The number of aryl methyl sites for hydroxylation is 1. The van der Waals surface area contributed by atoms with E-state index in [1.807, 2.05) is 31.2 Å². The molecule has 0 unspecified atom stereocenters. The van der Waals surface area contributed by atoms with Crippen LogP contribution in [0.2, 0.25) is 0 Å². The molecule has 0 amide bonds. The predicted octanol–water partition coefficient (Wildman–Crippen LogP) is 3.01. The van der Waals surface area contributed by atoms with E-state index in [4.69, 9.17) is 4.74 Å². The van der Waals surface area contributed by atoms with Crippen LogP contribution in [0.15, 0.2) is 24.3 Å². The highest BCUT2D eigenvalue weighted by Crippen LogP contribution is 2.33. The number of ether oxygens (including phenoxy) is 1. The summed E-state index contributed by atoms with van der Waals surface area (Å²) in [7, 11) is 0. The number of aliphatic hydroxyl groups excluding tert-OH is 1. The van der Waals surface area contributed by atoms with Gasteiger partial charge in [-0.15, -0.1) is 0 Å². The zero-order valence-corrected chi connectivity index (χ0v) is 12.6. The van der Waals surface area contributed by atoms with Crippen molar-refractivity contribution in [3.63, 3.8) is 0 Å². The van der Waals surface area contributed by atoms with Crippen LogP contribution >= 0.6 is 0 Å². The topological polar surface area (TPSA) is 32.7 Å². The summed E-state index contributed by atoms with van der Waals surface area (Å²) in [5, 5.41) is 9.99. The summed E-state index contributed by atoms with van der Waals surface area (Å²) in [6.45, 7) is 2.75. The number of halogens is 3. The second-order valence-electron chi connectivity index (χ2n) is 5.87. The molecule has 3 nitrogen and oxygen atoms in total. The monoisotopic (exact) mass is 317 g/mol. The highest BCUT2D eigenvalue weighted by molar-refractivity contribution is 5.31. The van der Waals surface area contributed by atoms with Gasteiger partial charge in [0, 0.05) is 13.1 Å². The largest absolute Gasteiger partial charge is 0.491 e. The van der Waals surface area contributed by atoms with Crippen LogP contribution in [0.3, 0.4) is 0 Å². The Kier molecular flexibility index (Phi) is 5.69. The van der Waals surface area contributed by atoms with E-state index >= 15 is 0 Å². The Morgan fingerprint density at radius 1 is 1.36 bits per heavy atom. The summed E-state index contributed by atoms with van der Waals surface area (Å²) < 4.78 is 43.8. The van der Waals surface area contributed by atoms with Gasteiger partial charge in [0.15, 0.2) is 0 Å². The summed E-state index contributed by atoms with van der Waals surface area (Å²) in [6.07, 6.45) is -4.27. The average Bonchev–Trinajstić information content (AvgIpc) is 2.46. The fourth-order valence-electron chi connectivity index (χ4n) is 2.74. The van der Waals surface area contributed by atoms with Crippen LogP contribution in [0.5, 0.6) is 5.75 Å². The third kappa shape index (κ3) is 4.88. The van der Waals surface area contributed by atoms with Gasteiger partial charge in [-0.3, -0.25) is 0 Å². The maximum Gasteiger partial charge on any atom is 0.393 e. The number of aliphatic hydroxyl groups is 1. The summed E-state index contributed by atoms with van der Waals surface area (Å²) in [4.78, 5) is 1.67. The van der Waals surface area contributed by atoms with Crippen molar-refractivity contribution < 1.29 is 23.0 Å². The first-order valence-electron chi connectivity index (χ1n) is 7.52. The van der Waals surface area contributed by atoms with Gasteiger partial charge in [0.2, 0.25) is 0 Å². The van der Waals surface area contributed by atoms with E-state index < -0.39 is 18.2 Å². The molecule has 6 heteroatoms. The summed E-state index contributed by atoms with van der Waals surface area (Å²) in [6, 6.07) is 7.44. The molecular formula is C16H22F3NO2. The van der Waals surface area contributed by atoms with Crippen LogP contribution in [0.1, 0.15) is 18.4 Å². The van der Waals surface area contributed by atoms with Crippen LogP contribution in [0.4, 0.5) is 13.2 Å². The molecule has 2 rings (SSSR count). The maximum absolute atomic E-state index is 12.8.